The molecule has 0 spiro atoms. The van der Waals surface area contributed by atoms with Gasteiger partial charge in [-0.3, -0.25) is 19.9 Å². The van der Waals surface area contributed by atoms with Gasteiger partial charge in [-0.2, -0.15) is 4.98 Å². The van der Waals surface area contributed by atoms with E-state index < -0.39 is 22.8 Å². The summed E-state index contributed by atoms with van der Waals surface area (Å²) in [6, 6.07) is 18.8. The summed E-state index contributed by atoms with van der Waals surface area (Å²) in [5.74, 6) is -0.299. The highest BCUT2D eigenvalue weighted by molar-refractivity contribution is 7.98. The summed E-state index contributed by atoms with van der Waals surface area (Å²) < 4.78 is 1.54. The van der Waals surface area contributed by atoms with Gasteiger partial charge in [0.25, 0.3) is 5.69 Å². The fourth-order valence-electron chi connectivity index (χ4n) is 4.09. The molecule has 11 heteroatoms. The van der Waals surface area contributed by atoms with Crippen molar-refractivity contribution in [2.24, 2.45) is 5.92 Å². The second kappa shape index (κ2) is 10.0. The third kappa shape index (κ3) is 4.68. The van der Waals surface area contributed by atoms with Crippen LogP contribution in [0.1, 0.15) is 17.2 Å². The number of nitrogens with one attached hydrogen (secondary N) is 2. The number of thioether (sulfide) groups is 1. The average molecular weight is 500 g/mol. The van der Waals surface area contributed by atoms with Gasteiger partial charge in [0.1, 0.15) is 12.0 Å². The van der Waals surface area contributed by atoms with E-state index in [-0.39, 0.29) is 5.69 Å². The molecule has 180 valence electrons. The van der Waals surface area contributed by atoms with Crippen LogP contribution in [0.4, 0.5) is 17.3 Å². The third-order valence-corrected chi connectivity index (χ3v) is 6.62. The SMILES string of the molecule is C=C1Nc2nc(SCc3ccccc3)nn2[C@@H](c2ccccc2[N+](=O)[O-])[C@H]1C(=O)Nc1cccnc1. The normalized spacial score (nSPS) is 16.6. The van der Waals surface area contributed by atoms with Crippen molar-refractivity contribution in [2.45, 2.75) is 17.0 Å². The van der Waals surface area contributed by atoms with Crippen LogP contribution in [0.25, 0.3) is 0 Å². The minimum atomic E-state index is -0.910. The van der Waals surface area contributed by atoms with E-state index in [0.717, 1.165) is 5.56 Å². The number of nitro groups is 1. The second-order valence-electron chi connectivity index (χ2n) is 8.06. The Kier molecular flexibility index (Phi) is 6.46. The van der Waals surface area contributed by atoms with E-state index in [2.05, 4.69) is 32.3 Å². The fourth-order valence-corrected chi connectivity index (χ4v) is 4.88. The summed E-state index contributed by atoms with van der Waals surface area (Å²) in [6.07, 6.45) is 3.12. The van der Waals surface area contributed by atoms with Crippen LogP contribution in [0, 0.1) is 16.0 Å². The van der Waals surface area contributed by atoms with Gasteiger partial charge in [0.05, 0.1) is 22.4 Å². The lowest BCUT2D eigenvalue weighted by molar-refractivity contribution is -0.385. The number of pyridine rings is 1. The van der Waals surface area contributed by atoms with Crippen LogP contribution >= 0.6 is 11.8 Å². The Labute approximate surface area is 210 Å². The zero-order valence-electron chi connectivity index (χ0n) is 18.9. The van der Waals surface area contributed by atoms with Gasteiger partial charge in [-0.25, -0.2) is 4.68 Å². The minimum absolute atomic E-state index is 0.115. The molecule has 10 nitrogen and oxygen atoms in total. The predicted octanol–water partition coefficient (Wildman–Crippen LogP) is 4.66. The summed E-state index contributed by atoms with van der Waals surface area (Å²) in [7, 11) is 0. The van der Waals surface area contributed by atoms with Crippen LogP contribution in [-0.2, 0) is 10.5 Å². The zero-order valence-corrected chi connectivity index (χ0v) is 19.8. The first-order chi connectivity index (χ1) is 17.5. The maximum atomic E-state index is 13.5. The van der Waals surface area contributed by atoms with Gasteiger partial charge in [-0.1, -0.05) is 60.8 Å². The molecular formula is C25H21N7O3S. The van der Waals surface area contributed by atoms with Crippen molar-refractivity contribution < 1.29 is 9.72 Å². The van der Waals surface area contributed by atoms with Crippen LogP contribution < -0.4 is 10.6 Å². The lowest BCUT2D eigenvalue weighted by Gasteiger charge is -2.33. The Bertz CT molecular complexity index is 1430. The van der Waals surface area contributed by atoms with E-state index >= 15 is 0 Å². The summed E-state index contributed by atoms with van der Waals surface area (Å²) in [6.45, 7) is 4.06. The molecule has 4 aromatic rings. The molecule has 2 aromatic heterocycles. The summed E-state index contributed by atoms with van der Waals surface area (Å²) in [4.78, 5) is 33.5. The number of amides is 1. The molecule has 1 aliphatic rings. The van der Waals surface area contributed by atoms with E-state index in [1.807, 2.05) is 30.3 Å². The van der Waals surface area contributed by atoms with Crippen LogP contribution in [0.5, 0.6) is 0 Å². The molecule has 0 bridgehead atoms. The largest absolute Gasteiger partial charge is 0.328 e. The van der Waals surface area contributed by atoms with Crippen molar-refractivity contribution in [2.75, 3.05) is 10.6 Å². The molecule has 1 aliphatic heterocycles. The molecule has 2 aromatic carbocycles. The number of nitro benzene ring substituents is 1. The number of hydrogen-bond donors (Lipinski definition) is 2. The van der Waals surface area contributed by atoms with Gasteiger partial charge in [0, 0.05) is 23.7 Å². The highest BCUT2D eigenvalue weighted by atomic mass is 32.2. The fraction of sp³-hybridized carbons (Fsp3) is 0.120. The quantitative estimate of drug-likeness (QED) is 0.214. The number of para-hydroxylation sites is 1. The smallest absolute Gasteiger partial charge is 0.274 e. The monoisotopic (exact) mass is 499 g/mol. The second-order valence-corrected chi connectivity index (χ2v) is 9.00. The lowest BCUT2D eigenvalue weighted by atomic mass is 9.87. The Hall–Kier alpha value is -4.51. The van der Waals surface area contributed by atoms with Crippen molar-refractivity contribution in [1.82, 2.24) is 19.7 Å². The van der Waals surface area contributed by atoms with Crippen LogP contribution in [0.2, 0.25) is 0 Å². The number of nitrogens with zero attached hydrogens (tertiary/aromatic N) is 5. The number of benzene rings is 2. The van der Waals surface area contributed by atoms with E-state index in [0.29, 0.717) is 33.8 Å². The van der Waals surface area contributed by atoms with Gasteiger partial charge in [0.15, 0.2) is 0 Å². The zero-order chi connectivity index (χ0) is 25.1. The maximum absolute atomic E-state index is 13.5. The maximum Gasteiger partial charge on any atom is 0.274 e. The van der Waals surface area contributed by atoms with E-state index in [1.165, 1.54) is 28.7 Å². The molecule has 3 heterocycles. The topological polar surface area (TPSA) is 128 Å². The Balaban J connectivity index is 1.54. The first-order valence-corrected chi connectivity index (χ1v) is 12.0. The minimum Gasteiger partial charge on any atom is -0.328 e. The first kappa shape index (κ1) is 23.2. The van der Waals surface area contributed by atoms with Crippen LogP contribution in [-0.4, -0.2) is 30.6 Å². The number of carbonyl (C=O) groups excluding carboxylic acids is 1. The lowest BCUT2D eigenvalue weighted by Crippen LogP contribution is -2.39. The standard InChI is InChI=1S/C25H21N7O3S/c1-16-21(23(33)28-18-10-7-13-26-14-18)22(19-11-5-6-12-20(19)32(34)35)31-24(27-16)29-25(30-31)36-15-17-8-3-2-4-9-17/h2-14,21-22H,1,15H2,(H,28,33)(H,27,29,30)/t21-,22-/m0/s1. The predicted molar refractivity (Wildman–Crippen MR) is 136 cm³/mol. The number of carbonyl (C=O) groups is 1. The highest BCUT2D eigenvalue weighted by Gasteiger charge is 2.42. The van der Waals surface area contributed by atoms with E-state index in [9.17, 15) is 14.9 Å². The first-order valence-electron chi connectivity index (χ1n) is 11.0. The molecule has 2 N–H and O–H groups in total. The molecular weight excluding hydrogens is 478 g/mol. The number of fused-ring (bicyclic) bond motifs is 1. The number of hydrogen-bond acceptors (Lipinski definition) is 8. The van der Waals surface area contributed by atoms with E-state index in [1.54, 1.807) is 36.5 Å². The summed E-state index contributed by atoms with van der Waals surface area (Å²) in [5.41, 5.74) is 2.19. The molecule has 0 aliphatic carbocycles. The molecule has 0 saturated heterocycles. The van der Waals surface area contributed by atoms with E-state index in [4.69, 9.17) is 0 Å². The summed E-state index contributed by atoms with van der Waals surface area (Å²) >= 11 is 1.43. The Morgan fingerprint density at radius 3 is 2.67 bits per heavy atom. The van der Waals surface area contributed by atoms with Crippen molar-refractivity contribution in [3.8, 4) is 0 Å². The van der Waals surface area contributed by atoms with Gasteiger partial charge in [-0.15, -0.1) is 5.10 Å². The van der Waals surface area contributed by atoms with Gasteiger partial charge >= 0.3 is 0 Å². The van der Waals surface area contributed by atoms with Gasteiger partial charge in [0.2, 0.25) is 17.0 Å². The van der Waals surface area contributed by atoms with Crippen molar-refractivity contribution in [3.05, 3.63) is 113 Å². The van der Waals surface area contributed by atoms with Crippen molar-refractivity contribution in [3.63, 3.8) is 0 Å². The van der Waals surface area contributed by atoms with Crippen molar-refractivity contribution >= 4 is 35.0 Å². The molecule has 0 radical (unpaired) electrons. The third-order valence-electron chi connectivity index (χ3n) is 5.71. The van der Waals surface area contributed by atoms with Crippen molar-refractivity contribution in [1.29, 1.82) is 0 Å². The Morgan fingerprint density at radius 2 is 1.92 bits per heavy atom. The molecule has 5 rings (SSSR count). The number of anilines is 2. The molecule has 36 heavy (non-hydrogen) atoms. The van der Waals surface area contributed by atoms with Crippen LogP contribution in [0.3, 0.4) is 0 Å². The molecule has 0 fully saturated rings. The molecule has 2 atom stereocenters. The van der Waals surface area contributed by atoms with Gasteiger partial charge in [-0.05, 0) is 23.8 Å². The van der Waals surface area contributed by atoms with Gasteiger partial charge < -0.3 is 10.6 Å². The Morgan fingerprint density at radius 1 is 1.14 bits per heavy atom. The summed E-state index contributed by atoms with van der Waals surface area (Å²) in [5, 5.41) is 22.9. The average Bonchev–Trinajstić information content (AvgIpc) is 3.30. The number of rotatable bonds is 7. The number of aromatic nitrogens is 4. The molecule has 0 unspecified atom stereocenters. The van der Waals surface area contributed by atoms with Crippen LogP contribution in [0.15, 0.2) is 96.6 Å². The highest BCUT2D eigenvalue weighted by Crippen LogP contribution is 2.42. The molecule has 1 amide bonds. The molecule has 0 saturated carbocycles.